The lowest BCUT2D eigenvalue weighted by molar-refractivity contribution is 0.0542. The van der Waals surface area contributed by atoms with E-state index in [0.717, 1.165) is 17.7 Å². The Labute approximate surface area is 241 Å². The topological polar surface area (TPSA) is 150 Å². The van der Waals surface area contributed by atoms with E-state index in [2.05, 4.69) is 40.4 Å². The smallest absolute Gasteiger partial charge is 0.281 e. The SMILES string of the molecule is Cc1cc(-c2ccc(C(=O)NS(=O)(=O)c3cccc(N)n3)c(N3CCC(C)C3(C)C)n2)cc(OCCOC(C)C)n1. The van der Waals surface area contributed by atoms with Crippen LogP contribution in [0.25, 0.3) is 11.3 Å². The van der Waals surface area contributed by atoms with Crippen LogP contribution in [0.15, 0.2) is 47.5 Å². The van der Waals surface area contributed by atoms with E-state index >= 15 is 0 Å². The molecule has 1 unspecified atom stereocenters. The summed E-state index contributed by atoms with van der Waals surface area (Å²) in [6, 6.07) is 11.2. The highest BCUT2D eigenvalue weighted by molar-refractivity contribution is 7.90. The van der Waals surface area contributed by atoms with Crippen molar-refractivity contribution < 1.29 is 22.7 Å². The van der Waals surface area contributed by atoms with Gasteiger partial charge in [0.05, 0.1) is 24.0 Å². The minimum Gasteiger partial charge on any atom is -0.475 e. The Morgan fingerprint density at radius 2 is 1.90 bits per heavy atom. The summed E-state index contributed by atoms with van der Waals surface area (Å²) < 4.78 is 39.5. The first-order chi connectivity index (χ1) is 19.3. The summed E-state index contributed by atoms with van der Waals surface area (Å²) in [5.41, 5.74) is 7.57. The fraction of sp³-hybridized carbons (Fsp3) is 0.448. The van der Waals surface area contributed by atoms with E-state index in [4.69, 9.17) is 20.2 Å². The van der Waals surface area contributed by atoms with Crippen LogP contribution in [0, 0.1) is 12.8 Å². The van der Waals surface area contributed by atoms with Crippen molar-refractivity contribution in [2.45, 2.75) is 64.6 Å². The Kier molecular flexibility index (Phi) is 8.83. The number of aromatic nitrogens is 3. The molecule has 1 amide bonds. The van der Waals surface area contributed by atoms with Gasteiger partial charge in [0.1, 0.15) is 18.2 Å². The van der Waals surface area contributed by atoms with Gasteiger partial charge in [-0.1, -0.05) is 13.0 Å². The minimum atomic E-state index is -4.27. The molecule has 220 valence electrons. The quantitative estimate of drug-likeness (QED) is 0.336. The summed E-state index contributed by atoms with van der Waals surface area (Å²) in [6.45, 7) is 13.6. The normalized spacial score (nSPS) is 16.7. The van der Waals surface area contributed by atoms with E-state index in [-0.39, 0.29) is 28.1 Å². The van der Waals surface area contributed by atoms with Crippen LogP contribution in [0.5, 0.6) is 5.88 Å². The third-order valence-electron chi connectivity index (χ3n) is 7.32. The highest BCUT2D eigenvalue weighted by atomic mass is 32.2. The number of ether oxygens (including phenoxy) is 2. The maximum absolute atomic E-state index is 13.5. The van der Waals surface area contributed by atoms with Crippen LogP contribution < -0.4 is 20.1 Å². The number of rotatable bonds is 10. The third kappa shape index (κ3) is 6.94. The molecular weight excluding hydrogens is 544 g/mol. The van der Waals surface area contributed by atoms with Crippen molar-refractivity contribution in [3.05, 3.63) is 53.7 Å². The van der Waals surface area contributed by atoms with Crippen LogP contribution in [0.1, 0.15) is 57.1 Å². The molecule has 1 saturated heterocycles. The molecule has 0 saturated carbocycles. The Bertz CT molecular complexity index is 1530. The number of hydrogen-bond acceptors (Lipinski definition) is 10. The number of amides is 1. The van der Waals surface area contributed by atoms with Crippen molar-refractivity contribution >= 4 is 27.6 Å². The Morgan fingerprint density at radius 3 is 2.56 bits per heavy atom. The van der Waals surface area contributed by atoms with Crippen LogP contribution in [0.4, 0.5) is 11.6 Å². The number of aryl methyl sites for hydroxylation is 1. The summed E-state index contributed by atoms with van der Waals surface area (Å²) in [5.74, 6) is 0.378. The molecule has 3 aromatic rings. The lowest BCUT2D eigenvalue weighted by Crippen LogP contribution is -2.43. The first-order valence-electron chi connectivity index (χ1n) is 13.6. The first kappa shape index (κ1) is 30.2. The lowest BCUT2D eigenvalue weighted by atomic mass is 9.90. The Hall–Kier alpha value is -3.77. The summed E-state index contributed by atoms with van der Waals surface area (Å²) in [7, 11) is -4.27. The average Bonchev–Trinajstić information content (AvgIpc) is 3.17. The van der Waals surface area contributed by atoms with Gasteiger partial charge in [-0.2, -0.15) is 8.42 Å². The number of carbonyl (C=O) groups excluding carboxylic acids is 1. The van der Waals surface area contributed by atoms with Crippen molar-refractivity contribution in [3.63, 3.8) is 0 Å². The zero-order valence-corrected chi connectivity index (χ0v) is 25.2. The molecule has 1 atom stereocenters. The second kappa shape index (κ2) is 12.0. The van der Waals surface area contributed by atoms with Gasteiger partial charge < -0.3 is 20.1 Å². The molecule has 41 heavy (non-hydrogen) atoms. The number of nitrogens with zero attached hydrogens (tertiary/aromatic N) is 4. The maximum Gasteiger partial charge on any atom is 0.281 e. The molecular formula is C29H38N6O5S. The lowest BCUT2D eigenvalue weighted by Gasteiger charge is -2.36. The molecule has 0 bridgehead atoms. The molecule has 0 spiro atoms. The summed E-state index contributed by atoms with van der Waals surface area (Å²) in [5, 5.41) is -0.342. The molecule has 1 fully saturated rings. The third-order valence-corrected chi connectivity index (χ3v) is 8.55. The second-order valence-corrected chi connectivity index (χ2v) is 12.6. The van der Waals surface area contributed by atoms with E-state index in [1.165, 1.54) is 18.2 Å². The molecule has 3 N–H and O–H groups in total. The van der Waals surface area contributed by atoms with Gasteiger partial charge in [-0.05, 0) is 77.3 Å². The van der Waals surface area contributed by atoms with Crippen LogP contribution in [0.3, 0.4) is 0 Å². The number of nitrogens with one attached hydrogen (secondary N) is 1. The number of sulfonamides is 1. The van der Waals surface area contributed by atoms with Gasteiger partial charge in [-0.3, -0.25) is 4.79 Å². The minimum absolute atomic E-state index is 0.0308. The van der Waals surface area contributed by atoms with Crippen LogP contribution in [0.2, 0.25) is 0 Å². The maximum atomic E-state index is 13.5. The zero-order valence-electron chi connectivity index (χ0n) is 24.3. The molecule has 1 aliphatic heterocycles. The summed E-state index contributed by atoms with van der Waals surface area (Å²) in [4.78, 5) is 28.8. The highest BCUT2D eigenvalue weighted by Gasteiger charge is 2.41. The van der Waals surface area contributed by atoms with Crippen LogP contribution >= 0.6 is 0 Å². The average molecular weight is 583 g/mol. The second-order valence-electron chi connectivity index (χ2n) is 11.0. The summed E-state index contributed by atoms with van der Waals surface area (Å²) >= 11 is 0. The van der Waals surface area contributed by atoms with Gasteiger partial charge >= 0.3 is 0 Å². The molecule has 1 aliphatic rings. The van der Waals surface area contributed by atoms with E-state index in [0.29, 0.717) is 43.1 Å². The Balaban J connectivity index is 1.71. The summed E-state index contributed by atoms with van der Waals surface area (Å²) in [6.07, 6.45) is 1.00. The van der Waals surface area contributed by atoms with E-state index < -0.39 is 15.9 Å². The molecule has 0 radical (unpaired) electrons. The van der Waals surface area contributed by atoms with Gasteiger partial charge in [0, 0.05) is 29.4 Å². The largest absolute Gasteiger partial charge is 0.475 e. The molecule has 12 heteroatoms. The van der Waals surface area contributed by atoms with E-state index in [1.54, 1.807) is 18.2 Å². The van der Waals surface area contributed by atoms with Gasteiger partial charge in [0.2, 0.25) is 5.88 Å². The number of nitrogens with two attached hydrogens (primary N) is 1. The van der Waals surface area contributed by atoms with E-state index in [1.807, 2.05) is 26.8 Å². The van der Waals surface area contributed by atoms with Crippen LogP contribution in [-0.4, -0.2) is 60.7 Å². The van der Waals surface area contributed by atoms with Crippen molar-refractivity contribution in [1.82, 2.24) is 19.7 Å². The zero-order chi connectivity index (χ0) is 29.9. The molecule has 4 heterocycles. The van der Waals surface area contributed by atoms with Crippen LogP contribution in [-0.2, 0) is 14.8 Å². The van der Waals surface area contributed by atoms with Gasteiger partial charge in [-0.25, -0.2) is 19.7 Å². The number of nitrogen functional groups attached to an aromatic ring is 1. The Morgan fingerprint density at radius 1 is 1.15 bits per heavy atom. The molecule has 3 aromatic heterocycles. The fourth-order valence-corrected chi connectivity index (χ4v) is 5.64. The predicted octanol–water partition coefficient (Wildman–Crippen LogP) is 3.98. The molecule has 0 aliphatic carbocycles. The fourth-order valence-electron chi connectivity index (χ4n) is 4.70. The number of hydrogen-bond donors (Lipinski definition) is 2. The van der Waals surface area contributed by atoms with Crippen molar-refractivity contribution in [2.75, 3.05) is 30.4 Å². The van der Waals surface area contributed by atoms with Gasteiger partial charge in [0.15, 0.2) is 5.03 Å². The molecule has 0 aromatic carbocycles. The van der Waals surface area contributed by atoms with Crippen molar-refractivity contribution in [3.8, 4) is 17.1 Å². The standard InChI is InChI=1S/C29H38N6O5S/c1-18(2)39-14-15-40-25-17-21(16-20(4)31-25)23-11-10-22(27(32-23)35-13-12-19(3)29(35,5)6)28(36)34-41(37,38)26-9-7-8-24(30)33-26/h7-11,16-19H,12-15H2,1-6H3,(H2,30,33)(H,34,36). The number of pyridine rings is 3. The van der Waals surface area contributed by atoms with Gasteiger partial charge in [0.25, 0.3) is 15.9 Å². The predicted molar refractivity (Wildman–Crippen MR) is 157 cm³/mol. The van der Waals surface area contributed by atoms with Crippen molar-refractivity contribution in [2.24, 2.45) is 5.92 Å². The first-order valence-corrected chi connectivity index (χ1v) is 15.1. The highest BCUT2D eigenvalue weighted by Crippen LogP contribution is 2.39. The molecule has 11 nitrogen and oxygen atoms in total. The van der Waals surface area contributed by atoms with Gasteiger partial charge in [-0.15, -0.1) is 0 Å². The van der Waals surface area contributed by atoms with Crippen molar-refractivity contribution in [1.29, 1.82) is 0 Å². The monoisotopic (exact) mass is 582 g/mol. The molecule has 4 rings (SSSR count). The number of carbonyl (C=O) groups is 1. The van der Waals surface area contributed by atoms with E-state index in [9.17, 15) is 13.2 Å². The number of anilines is 2.